The maximum atomic E-state index is 3.35. The van der Waals surface area contributed by atoms with E-state index in [9.17, 15) is 0 Å². The Morgan fingerprint density at radius 3 is 3.08 bits per heavy atom. The highest BCUT2D eigenvalue weighted by Gasteiger charge is 2.34. The summed E-state index contributed by atoms with van der Waals surface area (Å²) in [6.07, 6.45) is 5.10. The van der Waals surface area contributed by atoms with Gasteiger partial charge in [-0.2, -0.15) is 10.3 Å². The smallest absolute Gasteiger partial charge is 0.00849 e. The van der Waals surface area contributed by atoms with Crippen molar-refractivity contribution in [2.24, 2.45) is 5.92 Å². The molecular weight excluding hydrogens is 166 g/mol. The van der Waals surface area contributed by atoms with Gasteiger partial charge in [0.25, 0.3) is 0 Å². The standard InChI is InChI=1S/C10H17NS/c1-8-3-4-9(5-8)10-6-12(10)7-11-2/h3,9-12H,4-6H2,1-2H3. The topological polar surface area (TPSA) is 12.0 Å². The van der Waals surface area contributed by atoms with Crippen LogP contribution in [-0.2, 0) is 0 Å². The molecule has 0 amide bonds. The van der Waals surface area contributed by atoms with Crippen molar-refractivity contribution >= 4 is 10.3 Å². The molecule has 1 fully saturated rings. The zero-order valence-corrected chi connectivity index (χ0v) is 8.70. The van der Waals surface area contributed by atoms with Crippen LogP contribution < -0.4 is 5.32 Å². The molecule has 2 aliphatic rings. The zero-order chi connectivity index (χ0) is 8.55. The third-order valence-corrected chi connectivity index (χ3v) is 5.04. The van der Waals surface area contributed by atoms with Crippen LogP contribution in [0.4, 0.5) is 0 Å². The summed E-state index contributed by atoms with van der Waals surface area (Å²) in [4.78, 5) is 0. The normalized spacial score (nSPS) is 39.2. The van der Waals surface area contributed by atoms with E-state index in [0.29, 0.717) is 0 Å². The highest BCUT2D eigenvalue weighted by atomic mass is 32.2. The minimum Gasteiger partial charge on any atom is -0.255 e. The molecule has 0 aromatic carbocycles. The molecule has 1 aliphatic heterocycles. The van der Waals surface area contributed by atoms with Crippen LogP contribution in [0.2, 0.25) is 0 Å². The molecule has 2 heteroatoms. The third-order valence-electron chi connectivity index (χ3n) is 2.80. The summed E-state index contributed by atoms with van der Waals surface area (Å²) in [5.74, 6) is 2.40. The average molecular weight is 183 g/mol. The lowest BCUT2D eigenvalue weighted by molar-refractivity contribution is 0.587. The fourth-order valence-electron chi connectivity index (χ4n) is 2.06. The quantitative estimate of drug-likeness (QED) is 0.274. The van der Waals surface area contributed by atoms with Gasteiger partial charge in [-0.05, 0) is 43.8 Å². The Balaban J connectivity index is 1.91. The Morgan fingerprint density at radius 2 is 2.50 bits per heavy atom. The average Bonchev–Trinajstić information content (AvgIpc) is 2.67. The van der Waals surface area contributed by atoms with E-state index in [-0.39, 0.29) is 10.3 Å². The van der Waals surface area contributed by atoms with E-state index in [1.807, 2.05) is 7.05 Å². The Hall–Kier alpha value is -0.170. The number of allylic oxidation sites excluding steroid dienone is 2. The lowest BCUT2D eigenvalue weighted by Crippen LogP contribution is -2.01. The van der Waals surface area contributed by atoms with Gasteiger partial charge in [-0.3, -0.25) is 5.32 Å². The molecule has 1 N–H and O–H groups in total. The minimum absolute atomic E-state index is 0.161. The fraction of sp³-hybridized carbons (Fsp3) is 0.700. The molecule has 1 heterocycles. The van der Waals surface area contributed by atoms with Gasteiger partial charge >= 0.3 is 0 Å². The lowest BCUT2D eigenvalue weighted by Gasteiger charge is -2.04. The zero-order valence-electron chi connectivity index (χ0n) is 7.80. The van der Waals surface area contributed by atoms with Crippen LogP contribution in [-0.4, -0.2) is 18.1 Å². The van der Waals surface area contributed by atoms with E-state index in [2.05, 4.69) is 23.6 Å². The number of hydrogen-bond acceptors (Lipinski definition) is 1. The van der Waals surface area contributed by atoms with Crippen LogP contribution in [0.25, 0.3) is 0 Å². The summed E-state index contributed by atoms with van der Waals surface area (Å²) in [5.41, 5.74) is 1.60. The van der Waals surface area contributed by atoms with Crippen molar-refractivity contribution in [2.45, 2.75) is 25.0 Å². The molecule has 3 atom stereocenters. The molecule has 1 nitrogen and oxygen atoms in total. The fourth-order valence-corrected chi connectivity index (χ4v) is 4.19. The largest absolute Gasteiger partial charge is 0.255 e. The third kappa shape index (κ3) is 1.61. The summed E-state index contributed by atoms with van der Waals surface area (Å²) < 4.78 is 0. The number of nitrogens with one attached hydrogen (secondary N) is 1. The summed E-state index contributed by atoms with van der Waals surface area (Å²) >= 11 is 0. The van der Waals surface area contributed by atoms with Crippen molar-refractivity contribution in [1.29, 1.82) is 0 Å². The number of hydrogen-bond donors (Lipinski definition) is 2. The highest BCUT2D eigenvalue weighted by Crippen LogP contribution is 2.47. The summed E-state index contributed by atoms with van der Waals surface area (Å²) in [5, 5.41) is 7.41. The molecular formula is C10H17NS. The van der Waals surface area contributed by atoms with Crippen LogP contribution in [0.1, 0.15) is 19.8 Å². The Morgan fingerprint density at radius 1 is 1.67 bits per heavy atom. The van der Waals surface area contributed by atoms with Crippen molar-refractivity contribution < 1.29 is 0 Å². The first-order valence-corrected chi connectivity index (χ1v) is 6.25. The van der Waals surface area contributed by atoms with Gasteiger partial charge in [-0.15, -0.1) is 0 Å². The second-order valence-electron chi connectivity index (χ2n) is 3.83. The maximum absolute atomic E-state index is 3.35. The Kier molecular flexibility index (Phi) is 2.31. The minimum atomic E-state index is 0.161. The summed E-state index contributed by atoms with van der Waals surface area (Å²) in [6, 6.07) is 0. The molecule has 3 unspecified atom stereocenters. The summed E-state index contributed by atoms with van der Waals surface area (Å²) in [6.45, 7) is 2.26. The summed E-state index contributed by atoms with van der Waals surface area (Å²) in [7, 11) is 2.13. The molecule has 0 saturated carbocycles. The van der Waals surface area contributed by atoms with Gasteiger partial charge in [0.2, 0.25) is 0 Å². The second-order valence-corrected chi connectivity index (χ2v) is 6.02. The van der Waals surface area contributed by atoms with Crippen molar-refractivity contribution in [1.82, 2.24) is 5.32 Å². The number of thiol groups is 1. The molecule has 12 heavy (non-hydrogen) atoms. The van der Waals surface area contributed by atoms with Crippen LogP contribution in [0.15, 0.2) is 11.6 Å². The molecule has 1 saturated heterocycles. The van der Waals surface area contributed by atoms with E-state index in [1.54, 1.807) is 5.57 Å². The molecule has 68 valence electrons. The van der Waals surface area contributed by atoms with Gasteiger partial charge in [0.1, 0.15) is 0 Å². The lowest BCUT2D eigenvalue weighted by atomic mass is 10.0. The van der Waals surface area contributed by atoms with Gasteiger partial charge in [-0.1, -0.05) is 11.6 Å². The molecule has 0 radical (unpaired) electrons. The van der Waals surface area contributed by atoms with Gasteiger partial charge in [0.05, 0.1) is 0 Å². The molecule has 0 bridgehead atoms. The van der Waals surface area contributed by atoms with Crippen molar-refractivity contribution in [3.8, 4) is 5.31 Å². The van der Waals surface area contributed by atoms with E-state index in [1.165, 1.54) is 18.6 Å². The first-order valence-electron chi connectivity index (χ1n) is 4.66. The SMILES string of the molecule is CNC#[SH]1CC1C1CC=C(C)C1. The van der Waals surface area contributed by atoms with Crippen molar-refractivity contribution in [3.63, 3.8) is 0 Å². The van der Waals surface area contributed by atoms with Crippen LogP contribution in [0.5, 0.6) is 0 Å². The van der Waals surface area contributed by atoms with Gasteiger partial charge in [0.15, 0.2) is 0 Å². The van der Waals surface area contributed by atoms with E-state index >= 15 is 0 Å². The molecule has 0 aromatic heterocycles. The molecule has 1 aliphatic carbocycles. The van der Waals surface area contributed by atoms with Crippen molar-refractivity contribution in [3.05, 3.63) is 11.6 Å². The molecule has 2 rings (SSSR count). The van der Waals surface area contributed by atoms with Crippen LogP contribution in [0, 0.1) is 11.2 Å². The predicted molar refractivity (Wildman–Crippen MR) is 57.1 cm³/mol. The first kappa shape index (κ1) is 8.43. The van der Waals surface area contributed by atoms with Gasteiger partial charge in [-0.25, -0.2) is 0 Å². The van der Waals surface area contributed by atoms with E-state index in [4.69, 9.17) is 0 Å². The van der Waals surface area contributed by atoms with Crippen LogP contribution >= 0.6 is 10.3 Å². The second kappa shape index (κ2) is 3.29. The van der Waals surface area contributed by atoms with Gasteiger partial charge < -0.3 is 0 Å². The maximum Gasteiger partial charge on any atom is 0.00849 e. The van der Waals surface area contributed by atoms with E-state index < -0.39 is 0 Å². The molecule has 0 spiro atoms. The van der Waals surface area contributed by atoms with E-state index in [0.717, 1.165) is 11.2 Å². The van der Waals surface area contributed by atoms with Crippen LogP contribution in [0.3, 0.4) is 0 Å². The predicted octanol–water partition coefficient (Wildman–Crippen LogP) is 1.86. The monoisotopic (exact) mass is 183 g/mol. The molecule has 0 aromatic rings. The number of rotatable bonds is 1. The Labute approximate surface area is 76.8 Å². The van der Waals surface area contributed by atoms with Gasteiger partial charge in [0, 0.05) is 5.25 Å². The first-order chi connectivity index (χ1) is 5.81. The highest BCUT2D eigenvalue weighted by molar-refractivity contribution is 8.14. The Bertz CT molecular complexity index is 292. The van der Waals surface area contributed by atoms with Crippen molar-refractivity contribution in [2.75, 3.05) is 12.8 Å².